The largest absolute Gasteiger partial charge is 0.480 e. The molecule has 3 rings (SSSR count). The minimum absolute atomic E-state index is 0.258. The Morgan fingerprint density at radius 1 is 1.20 bits per heavy atom. The van der Waals surface area contributed by atoms with E-state index < -0.39 is 30.6 Å². The normalized spacial score (nSPS) is 15.1. The van der Waals surface area contributed by atoms with Crippen LogP contribution in [0.5, 0.6) is 0 Å². The van der Waals surface area contributed by atoms with Gasteiger partial charge in [-0.1, -0.05) is 23.7 Å². The van der Waals surface area contributed by atoms with Crippen LogP contribution < -0.4 is 15.9 Å². The van der Waals surface area contributed by atoms with Gasteiger partial charge in [0.15, 0.2) is 11.5 Å². The molecule has 0 fully saturated rings. The number of nitrogen functional groups attached to an aromatic ring is 1. The SMILES string of the molecule is C[C@@H](Cn1cnc2c(N)ncnc21)OCP(=O)(NC(C)(C)C(=O)O)NC(C)(C)c1ccc(Cl)cc1. The van der Waals surface area contributed by atoms with E-state index in [2.05, 4.69) is 25.1 Å². The molecule has 0 aliphatic rings. The second kappa shape index (κ2) is 10.2. The molecule has 0 spiro atoms. The molecule has 13 heteroatoms. The summed E-state index contributed by atoms with van der Waals surface area (Å²) in [5.74, 6) is -0.861. The molecule has 2 aromatic heterocycles. The Balaban J connectivity index is 1.79. The lowest BCUT2D eigenvalue weighted by Crippen LogP contribution is -2.50. The van der Waals surface area contributed by atoms with E-state index >= 15 is 0 Å². The minimum Gasteiger partial charge on any atom is -0.480 e. The lowest BCUT2D eigenvalue weighted by Gasteiger charge is -2.36. The number of imidazole rings is 1. The lowest BCUT2D eigenvalue weighted by atomic mass is 9.96. The Morgan fingerprint density at radius 3 is 2.49 bits per heavy atom. The van der Waals surface area contributed by atoms with Crippen molar-refractivity contribution in [3.63, 3.8) is 0 Å². The van der Waals surface area contributed by atoms with Crippen molar-refractivity contribution in [2.75, 3.05) is 12.1 Å². The molecule has 1 unspecified atom stereocenters. The zero-order valence-electron chi connectivity index (χ0n) is 20.3. The summed E-state index contributed by atoms with van der Waals surface area (Å²) < 4.78 is 21.8. The minimum atomic E-state index is -3.60. The van der Waals surface area contributed by atoms with Crippen LogP contribution in [0.1, 0.15) is 40.2 Å². The van der Waals surface area contributed by atoms with Gasteiger partial charge in [0.1, 0.15) is 23.7 Å². The Morgan fingerprint density at radius 2 is 1.86 bits per heavy atom. The molecule has 0 saturated carbocycles. The highest BCUT2D eigenvalue weighted by Gasteiger charge is 2.40. The van der Waals surface area contributed by atoms with Crippen LogP contribution in [0.3, 0.4) is 0 Å². The van der Waals surface area contributed by atoms with E-state index in [9.17, 15) is 14.5 Å². The number of benzene rings is 1. The zero-order chi connectivity index (χ0) is 26.0. The molecule has 11 nitrogen and oxygen atoms in total. The van der Waals surface area contributed by atoms with Gasteiger partial charge in [0, 0.05) is 10.6 Å². The second-order valence-corrected chi connectivity index (χ2v) is 12.1. The second-order valence-electron chi connectivity index (χ2n) is 9.46. The highest BCUT2D eigenvalue weighted by Crippen LogP contribution is 2.44. The third-order valence-electron chi connectivity index (χ3n) is 5.44. The van der Waals surface area contributed by atoms with Crippen LogP contribution in [0, 0.1) is 0 Å². The Labute approximate surface area is 208 Å². The fourth-order valence-electron chi connectivity index (χ4n) is 3.57. The molecule has 0 aliphatic carbocycles. The first-order valence-electron chi connectivity index (χ1n) is 10.9. The van der Waals surface area contributed by atoms with Crippen LogP contribution in [-0.2, 0) is 26.2 Å². The quantitative estimate of drug-likeness (QED) is 0.274. The number of rotatable bonds is 11. The average molecular weight is 524 g/mol. The average Bonchev–Trinajstić information content (AvgIpc) is 3.16. The van der Waals surface area contributed by atoms with Gasteiger partial charge in [-0.15, -0.1) is 0 Å². The lowest BCUT2D eigenvalue weighted by molar-refractivity contribution is -0.142. The van der Waals surface area contributed by atoms with Crippen LogP contribution in [0.15, 0.2) is 36.9 Å². The van der Waals surface area contributed by atoms with Crippen LogP contribution in [0.25, 0.3) is 11.2 Å². The van der Waals surface area contributed by atoms with Gasteiger partial charge < -0.3 is 20.1 Å². The summed E-state index contributed by atoms with van der Waals surface area (Å²) in [6.45, 7) is 8.77. The first-order valence-corrected chi connectivity index (χ1v) is 13.2. The third kappa shape index (κ3) is 6.56. The van der Waals surface area contributed by atoms with Crippen molar-refractivity contribution in [2.24, 2.45) is 0 Å². The van der Waals surface area contributed by atoms with Gasteiger partial charge in [0.25, 0.3) is 0 Å². The summed E-state index contributed by atoms with van der Waals surface area (Å²) in [5, 5.41) is 16.1. The smallest absolute Gasteiger partial charge is 0.323 e. The van der Waals surface area contributed by atoms with Gasteiger partial charge in [-0.2, -0.15) is 0 Å². The summed E-state index contributed by atoms with van der Waals surface area (Å²) in [5.41, 5.74) is 5.46. The Bertz CT molecular complexity index is 1250. The number of aromatic nitrogens is 4. The highest BCUT2D eigenvalue weighted by atomic mass is 35.5. The maximum Gasteiger partial charge on any atom is 0.323 e. The zero-order valence-corrected chi connectivity index (χ0v) is 22.0. The van der Waals surface area contributed by atoms with E-state index in [-0.39, 0.29) is 12.2 Å². The molecule has 190 valence electrons. The van der Waals surface area contributed by atoms with Crippen molar-refractivity contribution in [3.8, 4) is 0 Å². The van der Waals surface area contributed by atoms with Gasteiger partial charge in [0.05, 0.1) is 19.0 Å². The molecule has 2 atom stereocenters. The molecule has 1 aromatic carbocycles. The number of hydrogen-bond acceptors (Lipinski definition) is 7. The Hall–Kier alpha value is -2.56. The number of fused-ring (bicyclic) bond motifs is 1. The molecule has 35 heavy (non-hydrogen) atoms. The first kappa shape index (κ1) is 27.0. The molecule has 5 N–H and O–H groups in total. The van der Waals surface area contributed by atoms with Gasteiger partial charge in [0.2, 0.25) is 7.44 Å². The van der Waals surface area contributed by atoms with Crippen LogP contribution in [0.4, 0.5) is 5.82 Å². The number of hydrogen-bond donors (Lipinski definition) is 4. The molecule has 3 aromatic rings. The number of carboxylic acids is 1. The van der Waals surface area contributed by atoms with Crippen molar-refractivity contribution in [2.45, 2.75) is 58.3 Å². The monoisotopic (exact) mass is 523 g/mol. The molecule has 0 saturated heterocycles. The maximum atomic E-state index is 14.1. The summed E-state index contributed by atoms with van der Waals surface area (Å²) in [7, 11) is -3.60. The molecular formula is C22H31ClN7O4P. The van der Waals surface area contributed by atoms with Crippen LogP contribution in [0.2, 0.25) is 5.02 Å². The number of carboxylic acid groups (broad SMARTS) is 1. The van der Waals surface area contributed by atoms with E-state index in [4.69, 9.17) is 22.1 Å². The Kier molecular flexibility index (Phi) is 7.88. The summed E-state index contributed by atoms with van der Waals surface area (Å²) in [6.07, 6.45) is 2.28. The topological polar surface area (TPSA) is 157 Å². The summed E-state index contributed by atoms with van der Waals surface area (Å²) in [4.78, 5) is 24.2. The van der Waals surface area contributed by atoms with Crippen molar-refractivity contribution in [1.29, 1.82) is 0 Å². The molecule has 0 bridgehead atoms. The van der Waals surface area contributed by atoms with Crippen molar-refractivity contribution >= 4 is 42.0 Å². The van der Waals surface area contributed by atoms with Gasteiger partial charge in [-0.05, 0) is 52.3 Å². The summed E-state index contributed by atoms with van der Waals surface area (Å²) >= 11 is 6.01. The van der Waals surface area contributed by atoms with Crippen molar-refractivity contribution in [3.05, 3.63) is 47.5 Å². The van der Waals surface area contributed by atoms with Crippen molar-refractivity contribution < 1.29 is 19.2 Å². The number of nitrogens with one attached hydrogen (secondary N) is 2. The van der Waals surface area contributed by atoms with Gasteiger partial charge >= 0.3 is 5.97 Å². The van der Waals surface area contributed by atoms with Crippen LogP contribution in [-0.4, -0.2) is 48.6 Å². The molecule has 0 amide bonds. The predicted molar refractivity (Wildman–Crippen MR) is 135 cm³/mol. The van der Waals surface area contributed by atoms with Gasteiger partial charge in [-0.3, -0.25) is 9.36 Å². The fraction of sp³-hybridized carbons (Fsp3) is 0.455. The molecule has 0 aliphatic heterocycles. The third-order valence-corrected chi connectivity index (χ3v) is 8.05. The van der Waals surface area contributed by atoms with E-state index in [0.29, 0.717) is 22.7 Å². The van der Waals surface area contributed by atoms with Crippen LogP contribution >= 0.6 is 19.0 Å². The van der Waals surface area contributed by atoms with E-state index in [1.807, 2.05) is 32.9 Å². The number of ether oxygens (including phenoxy) is 1. The van der Waals surface area contributed by atoms with E-state index in [1.54, 1.807) is 23.0 Å². The maximum absolute atomic E-state index is 14.1. The van der Waals surface area contributed by atoms with Gasteiger partial charge in [-0.25, -0.2) is 25.1 Å². The number of carbonyl (C=O) groups is 1. The molecule has 2 heterocycles. The van der Waals surface area contributed by atoms with Crippen molar-refractivity contribution in [1.82, 2.24) is 29.7 Å². The molecule has 0 radical (unpaired) electrons. The number of anilines is 1. The van der Waals surface area contributed by atoms with E-state index in [0.717, 1.165) is 5.56 Å². The number of halogens is 1. The predicted octanol–water partition coefficient (Wildman–Crippen LogP) is 3.60. The fourth-order valence-corrected chi connectivity index (χ4v) is 6.37. The standard InChI is InChI=1S/C22H31ClN7O4P/c1-14(10-30-12-27-17-18(24)25-11-26-19(17)30)34-13-35(33,29-22(4,5)20(31)32)28-21(2,3)15-6-8-16(23)9-7-15/h6-9,11-12,14H,10,13H2,1-5H3,(H,31,32)(H2,24,25,26)(H2,28,29,33)/t14-,35?/m0/s1. The highest BCUT2D eigenvalue weighted by molar-refractivity contribution is 7.59. The van der Waals surface area contributed by atoms with E-state index in [1.165, 1.54) is 20.2 Å². The summed E-state index contributed by atoms with van der Waals surface area (Å²) in [6, 6.07) is 7.13. The number of nitrogens with zero attached hydrogens (tertiary/aromatic N) is 4. The molecular weight excluding hydrogens is 493 g/mol. The number of aliphatic carboxylic acids is 1. The number of nitrogens with two attached hydrogens (primary N) is 1. The first-order chi connectivity index (χ1) is 16.2.